The summed E-state index contributed by atoms with van der Waals surface area (Å²) in [6.07, 6.45) is 1.44. The first kappa shape index (κ1) is 15.2. The number of hydrogen-bond donors (Lipinski definition) is 2. The van der Waals surface area contributed by atoms with Crippen LogP contribution in [0.4, 0.5) is 10.2 Å². The van der Waals surface area contributed by atoms with E-state index >= 15 is 0 Å². The average Bonchev–Trinajstić information content (AvgIpc) is 3.06. The van der Waals surface area contributed by atoms with E-state index in [1.165, 1.54) is 23.0 Å². The van der Waals surface area contributed by atoms with Crippen LogP contribution in [0.25, 0.3) is 5.69 Å². The summed E-state index contributed by atoms with van der Waals surface area (Å²) in [4.78, 5) is 12.1. The van der Waals surface area contributed by atoms with Crippen molar-refractivity contribution in [3.05, 3.63) is 71.7 Å². The Bertz CT molecular complexity index is 945. The Morgan fingerprint density at radius 3 is 2.71 bits per heavy atom. The molecule has 0 saturated heterocycles. The van der Waals surface area contributed by atoms with Crippen molar-refractivity contribution in [1.82, 2.24) is 9.78 Å². The molecule has 0 saturated carbocycles. The van der Waals surface area contributed by atoms with E-state index in [9.17, 15) is 14.3 Å². The highest BCUT2D eigenvalue weighted by atomic mass is 19.1. The number of halogens is 1. The number of phenols is 1. The highest BCUT2D eigenvalue weighted by molar-refractivity contribution is 6.03. The number of nitrogens with zero attached hydrogens (tertiary/aromatic N) is 3. The van der Waals surface area contributed by atoms with Crippen LogP contribution in [0.5, 0.6) is 5.75 Å². The number of amides is 1. The number of carbonyl (C=O) groups excluding carboxylic acids is 1. The van der Waals surface area contributed by atoms with Gasteiger partial charge in [-0.15, -0.1) is 5.10 Å². The first-order valence-corrected chi connectivity index (χ1v) is 6.93. The van der Waals surface area contributed by atoms with Crippen molar-refractivity contribution >= 4 is 11.7 Å². The second kappa shape index (κ2) is 6.22. The maximum Gasteiger partial charge on any atom is 0.256 e. The molecule has 0 atom stereocenters. The molecule has 24 heavy (non-hydrogen) atoms. The molecule has 1 amide bonds. The lowest BCUT2D eigenvalue weighted by molar-refractivity contribution is 0.102. The molecule has 3 aromatic rings. The molecule has 0 aliphatic rings. The van der Waals surface area contributed by atoms with E-state index < -0.39 is 11.6 Å². The highest BCUT2D eigenvalue weighted by Crippen LogP contribution is 2.26. The summed E-state index contributed by atoms with van der Waals surface area (Å²) in [6, 6.07) is 14.1. The Morgan fingerprint density at radius 1 is 1.25 bits per heavy atom. The molecular weight excluding hydrogens is 311 g/mol. The number of benzene rings is 2. The Labute approximate surface area is 136 Å². The Balaban J connectivity index is 1.88. The first-order chi connectivity index (χ1) is 11.6. The lowest BCUT2D eigenvalue weighted by Gasteiger charge is -2.06. The molecular formula is C17H11FN4O2. The van der Waals surface area contributed by atoms with Crippen LogP contribution in [-0.2, 0) is 0 Å². The number of carbonyl (C=O) groups is 1. The second-order valence-electron chi connectivity index (χ2n) is 4.90. The standard InChI is InChI=1S/C17H11FN4O2/c18-13-8-11(10-19)9-14(16(13)23)22-7-6-15(21-22)20-17(24)12-4-2-1-3-5-12/h1-9,23H,(H,20,21,24). The molecule has 0 radical (unpaired) electrons. The largest absolute Gasteiger partial charge is 0.503 e. The molecule has 0 fully saturated rings. The summed E-state index contributed by atoms with van der Waals surface area (Å²) >= 11 is 0. The van der Waals surface area contributed by atoms with Gasteiger partial charge in [-0.3, -0.25) is 4.79 Å². The zero-order valence-corrected chi connectivity index (χ0v) is 12.3. The minimum absolute atomic E-state index is 0.00626. The number of phenolic OH excluding ortho intramolecular Hbond substituents is 1. The van der Waals surface area contributed by atoms with Gasteiger partial charge in [-0.05, 0) is 24.3 Å². The third kappa shape index (κ3) is 2.94. The van der Waals surface area contributed by atoms with Gasteiger partial charge in [0, 0.05) is 17.8 Å². The van der Waals surface area contributed by atoms with Gasteiger partial charge in [0.1, 0.15) is 5.69 Å². The minimum atomic E-state index is -0.922. The molecule has 0 unspecified atom stereocenters. The molecule has 6 nitrogen and oxygen atoms in total. The number of nitrogens with one attached hydrogen (secondary N) is 1. The van der Waals surface area contributed by atoms with Crippen LogP contribution >= 0.6 is 0 Å². The third-order valence-electron chi connectivity index (χ3n) is 3.29. The quantitative estimate of drug-likeness (QED) is 0.775. The zero-order valence-electron chi connectivity index (χ0n) is 12.3. The van der Waals surface area contributed by atoms with Gasteiger partial charge < -0.3 is 10.4 Å². The average molecular weight is 322 g/mol. The fraction of sp³-hybridized carbons (Fsp3) is 0. The molecule has 1 heterocycles. The van der Waals surface area contributed by atoms with Gasteiger partial charge >= 0.3 is 0 Å². The molecule has 1 aromatic heterocycles. The molecule has 0 bridgehead atoms. The smallest absolute Gasteiger partial charge is 0.256 e. The van der Waals surface area contributed by atoms with Crippen LogP contribution in [-0.4, -0.2) is 20.8 Å². The summed E-state index contributed by atoms with van der Waals surface area (Å²) < 4.78 is 14.8. The molecule has 118 valence electrons. The van der Waals surface area contributed by atoms with Gasteiger partial charge in [-0.1, -0.05) is 18.2 Å². The van der Waals surface area contributed by atoms with Crippen molar-refractivity contribution in [3.63, 3.8) is 0 Å². The molecule has 3 rings (SSSR count). The van der Waals surface area contributed by atoms with Crippen molar-refractivity contribution in [1.29, 1.82) is 5.26 Å². The monoisotopic (exact) mass is 322 g/mol. The summed E-state index contributed by atoms with van der Waals surface area (Å²) in [5.41, 5.74) is 0.518. The van der Waals surface area contributed by atoms with E-state index in [-0.39, 0.29) is 23.0 Å². The van der Waals surface area contributed by atoms with Crippen molar-refractivity contribution < 1.29 is 14.3 Å². The van der Waals surface area contributed by atoms with E-state index in [2.05, 4.69) is 10.4 Å². The van der Waals surface area contributed by atoms with Gasteiger partial charge in [-0.2, -0.15) is 5.26 Å². The van der Waals surface area contributed by atoms with E-state index in [0.29, 0.717) is 5.56 Å². The maximum absolute atomic E-state index is 13.6. The third-order valence-corrected chi connectivity index (χ3v) is 3.29. The maximum atomic E-state index is 13.6. The lowest BCUT2D eigenvalue weighted by Crippen LogP contribution is -2.12. The Morgan fingerprint density at radius 2 is 2.00 bits per heavy atom. The SMILES string of the molecule is N#Cc1cc(F)c(O)c(-n2ccc(NC(=O)c3ccccc3)n2)c1. The summed E-state index contributed by atoms with van der Waals surface area (Å²) in [5, 5.41) is 25.4. The van der Waals surface area contributed by atoms with E-state index in [1.807, 2.05) is 0 Å². The van der Waals surface area contributed by atoms with Crippen LogP contribution in [0.15, 0.2) is 54.7 Å². The van der Waals surface area contributed by atoms with Gasteiger partial charge in [0.05, 0.1) is 11.6 Å². The van der Waals surface area contributed by atoms with Crippen LogP contribution in [0, 0.1) is 17.1 Å². The molecule has 0 aliphatic carbocycles. The first-order valence-electron chi connectivity index (χ1n) is 6.93. The van der Waals surface area contributed by atoms with Crippen molar-refractivity contribution in [3.8, 4) is 17.5 Å². The summed E-state index contributed by atoms with van der Waals surface area (Å²) in [6.45, 7) is 0. The number of aromatic nitrogens is 2. The number of anilines is 1. The van der Waals surface area contributed by atoms with Crippen LogP contribution < -0.4 is 5.32 Å². The van der Waals surface area contributed by atoms with Gasteiger partial charge in [0.15, 0.2) is 17.4 Å². The number of hydrogen-bond acceptors (Lipinski definition) is 4. The fourth-order valence-corrected chi connectivity index (χ4v) is 2.13. The van der Waals surface area contributed by atoms with Crippen LogP contribution in [0.3, 0.4) is 0 Å². The van der Waals surface area contributed by atoms with Gasteiger partial charge in [0.25, 0.3) is 5.91 Å². The van der Waals surface area contributed by atoms with Gasteiger partial charge in [-0.25, -0.2) is 9.07 Å². The molecule has 2 N–H and O–H groups in total. The highest BCUT2D eigenvalue weighted by Gasteiger charge is 2.14. The van der Waals surface area contributed by atoms with E-state index in [4.69, 9.17) is 5.26 Å². The van der Waals surface area contributed by atoms with Crippen LogP contribution in [0.1, 0.15) is 15.9 Å². The molecule has 7 heteroatoms. The van der Waals surface area contributed by atoms with E-state index in [1.54, 1.807) is 36.4 Å². The second-order valence-corrected chi connectivity index (χ2v) is 4.90. The van der Waals surface area contributed by atoms with Crippen LogP contribution in [0.2, 0.25) is 0 Å². The number of aromatic hydroxyl groups is 1. The topological polar surface area (TPSA) is 90.9 Å². The minimum Gasteiger partial charge on any atom is -0.503 e. The van der Waals surface area contributed by atoms with Gasteiger partial charge in [0.2, 0.25) is 0 Å². The molecule has 0 aliphatic heterocycles. The Kier molecular flexibility index (Phi) is 3.95. The zero-order chi connectivity index (χ0) is 17.1. The van der Waals surface area contributed by atoms with Crippen molar-refractivity contribution in [2.75, 3.05) is 5.32 Å². The van der Waals surface area contributed by atoms with E-state index in [0.717, 1.165) is 6.07 Å². The van der Waals surface area contributed by atoms with Crippen molar-refractivity contribution in [2.45, 2.75) is 0 Å². The molecule has 0 spiro atoms. The number of nitriles is 1. The normalized spacial score (nSPS) is 10.2. The predicted molar refractivity (Wildman–Crippen MR) is 84.3 cm³/mol. The molecule has 2 aromatic carbocycles. The number of rotatable bonds is 3. The summed E-state index contributed by atoms with van der Waals surface area (Å²) in [7, 11) is 0. The fourth-order valence-electron chi connectivity index (χ4n) is 2.13. The van der Waals surface area contributed by atoms with Crippen molar-refractivity contribution in [2.24, 2.45) is 0 Å². The lowest BCUT2D eigenvalue weighted by atomic mass is 10.2. The predicted octanol–water partition coefficient (Wildman–Crippen LogP) is 2.84. The Hall–Kier alpha value is -3.66. The summed E-state index contributed by atoms with van der Waals surface area (Å²) in [5.74, 6) is -1.67.